The molecule has 5 heteroatoms. The summed E-state index contributed by atoms with van der Waals surface area (Å²) in [7, 11) is 1.88. The molecule has 1 aromatic heterocycles. The van der Waals surface area contributed by atoms with Crippen LogP contribution in [-0.4, -0.2) is 18.6 Å². The number of benzene rings is 1. The molecule has 0 saturated carbocycles. The Morgan fingerprint density at radius 1 is 1.28 bits per heavy atom. The standard InChI is InChI=1S/C13H14F2N2O/c1-16-6-2-3-13-17-8-12(18-13)9-4-5-10(14)11(15)7-9/h4-5,7-8,16H,2-3,6H2,1H3. The number of nitrogens with zero attached hydrogens (tertiary/aromatic N) is 1. The molecule has 0 bridgehead atoms. The van der Waals surface area contributed by atoms with Gasteiger partial charge in [-0.3, -0.25) is 0 Å². The fourth-order valence-corrected chi connectivity index (χ4v) is 1.63. The van der Waals surface area contributed by atoms with E-state index >= 15 is 0 Å². The molecule has 2 aromatic rings. The van der Waals surface area contributed by atoms with Crippen LogP contribution in [0.15, 0.2) is 28.8 Å². The van der Waals surface area contributed by atoms with Crippen molar-refractivity contribution in [2.75, 3.05) is 13.6 Å². The van der Waals surface area contributed by atoms with Crippen molar-refractivity contribution in [2.45, 2.75) is 12.8 Å². The van der Waals surface area contributed by atoms with E-state index in [1.54, 1.807) is 0 Å². The Hall–Kier alpha value is -1.75. The van der Waals surface area contributed by atoms with Gasteiger partial charge in [-0.15, -0.1) is 0 Å². The Kier molecular flexibility index (Phi) is 4.04. The molecule has 1 aromatic carbocycles. The Morgan fingerprint density at radius 3 is 2.83 bits per heavy atom. The van der Waals surface area contributed by atoms with Crippen molar-refractivity contribution in [1.82, 2.24) is 10.3 Å². The molecule has 96 valence electrons. The number of halogens is 2. The van der Waals surface area contributed by atoms with Crippen molar-refractivity contribution < 1.29 is 13.2 Å². The lowest BCUT2D eigenvalue weighted by atomic mass is 10.2. The van der Waals surface area contributed by atoms with Gasteiger partial charge in [0.05, 0.1) is 6.20 Å². The maximum absolute atomic E-state index is 13.1. The molecule has 1 heterocycles. The van der Waals surface area contributed by atoms with E-state index in [9.17, 15) is 8.78 Å². The SMILES string of the molecule is CNCCCc1ncc(-c2ccc(F)c(F)c2)o1. The molecular weight excluding hydrogens is 238 g/mol. The van der Waals surface area contributed by atoms with Crippen LogP contribution in [0.25, 0.3) is 11.3 Å². The minimum atomic E-state index is -0.888. The van der Waals surface area contributed by atoms with Crippen LogP contribution in [0.4, 0.5) is 8.78 Å². The van der Waals surface area contributed by atoms with Crippen LogP contribution >= 0.6 is 0 Å². The maximum Gasteiger partial charge on any atom is 0.194 e. The number of aryl methyl sites for hydroxylation is 1. The minimum absolute atomic E-state index is 0.452. The van der Waals surface area contributed by atoms with Gasteiger partial charge >= 0.3 is 0 Å². The van der Waals surface area contributed by atoms with Crippen LogP contribution < -0.4 is 5.32 Å². The highest BCUT2D eigenvalue weighted by atomic mass is 19.2. The second-order valence-electron chi connectivity index (χ2n) is 3.95. The average Bonchev–Trinajstić information content (AvgIpc) is 2.82. The molecule has 0 unspecified atom stereocenters. The van der Waals surface area contributed by atoms with Crippen LogP contribution in [0.1, 0.15) is 12.3 Å². The largest absolute Gasteiger partial charge is 0.441 e. The quantitative estimate of drug-likeness (QED) is 0.831. The molecule has 0 aliphatic carbocycles. The molecule has 0 fully saturated rings. The van der Waals surface area contributed by atoms with Crippen LogP contribution in [0.3, 0.4) is 0 Å². The van der Waals surface area contributed by atoms with E-state index in [1.165, 1.54) is 12.3 Å². The monoisotopic (exact) mass is 252 g/mol. The Bertz CT molecular complexity index is 525. The van der Waals surface area contributed by atoms with E-state index in [0.717, 1.165) is 25.1 Å². The molecule has 0 spiro atoms. The van der Waals surface area contributed by atoms with Gasteiger partial charge in [-0.25, -0.2) is 13.8 Å². The molecule has 2 rings (SSSR count). The number of hydrogen-bond acceptors (Lipinski definition) is 3. The summed E-state index contributed by atoms with van der Waals surface area (Å²) < 4.78 is 31.4. The summed E-state index contributed by atoms with van der Waals surface area (Å²) in [5.41, 5.74) is 0.487. The highest BCUT2D eigenvalue weighted by Gasteiger charge is 2.09. The van der Waals surface area contributed by atoms with Crippen molar-refractivity contribution >= 4 is 0 Å². The molecule has 0 radical (unpaired) electrons. The van der Waals surface area contributed by atoms with E-state index in [0.29, 0.717) is 23.6 Å². The topological polar surface area (TPSA) is 38.1 Å². The van der Waals surface area contributed by atoms with Gasteiger partial charge in [0.25, 0.3) is 0 Å². The first kappa shape index (κ1) is 12.7. The molecule has 0 aliphatic heterocycles. The van der Waals surface area contributed by atoms with Gasteiger partial charge in [0, 0.05) is 12.0 Å². The summed E-state index contributed by atoms with van der Waals surface area (Å²) >= 11 is 0. The van der Waals surface area contributed by atoms with E-state index in [4.69, 9.17) is 4.42 Å². The van der Waals surface area contributed by atoms with E-state index in [1.807, 2.05) is 7.05 Å². The number of aromatic nitrogens is 1. The Morgan fingerprint density at radius 2 is 2.11 bits per heavy atom. The zero-order valence-electron chi connectivity index (χ0n) is 10.0. The minimum Gasteiger partial charge on any atom is -0.441 e. The van der Waals surface area contributed by atoms with E-state index < -0.39 is 11.6 Å². The number of oxazole rings is 1. The first-order valence-corrected chi connectivity index (χ1v) is 5.75. The second-order valence-corrected chi connectivity index (χ2v) is 3.95. The van der Waals surface area contributed by atoms with Crippen LogP contribution in [0.2, 0.25) is 0 Å². The highest BCUT2D eigenvalue weighted by Crippen LogP contribution is 2.22. The lowest BCUT2D eigenvalue weighted by molar-refractivity contribution is 0.491. The van der Waals surface area contributed by atoms with Gasteiger partial charge in [0.2, 0.25) is 0 Å². The van der Waals surface area contributed by atoms with E-state index in [2.05, 4.69) is 10.3 Å². The van der Waals surface area contributed by atoms with Gasteiger partial charge in [0.15, 0.2) is 23.3 Å². The number of rotatable bonds is 5. The third kappa shape index (κ3) is 2.92. The second kappa shape index (κ2) is 5.73. The first-order chi connectivity index (χ1) is 8.70. The molecule has 0 amide bonds. The van der Waals surface area contributed by atoms with Gasteiger partial charge < -0.3 is 9.73 Å². The fourth-order valence-electron chi connectivity index (χ4n) is 1.63. The van der Waals surface area contributed by atoms with Gasteiger partial charge in [-0.05, 0) is 38.2 Å². The predicted octanol–water partition coefficient (Wildman–Crippen LogP) is 2.77. The van der Waals surface area contributed by atoms with Crippen molar-refractivity contribution in [1.29, 1.82) is 0 Å². The zero-order valence-corrected chi connectivity index (χ0v) is 10.0. The van der Waals surface area contributed by atoms with Crippen LogP contribution in [0.5, 0.6) is 0 Å². The Labute approximate surface area is 104 Å². The average molecular weight is 252 g/mol. The maximum atomic E-state index is 13.1. The summed E-state index contributed by atoms with van der Waals surface area (Å²) in [4.78, 5) is 4.11. The van der Waals surface area contributed by atoms with Gasteiger partial charge in [0.1, 0.15) is 0 Å². The third-order valence-electron chi connectivity index (χ3n) is 2.58. The summed E-state index contributed by atoms with van der Waals surface area (Å²) in [6.45, 7) is 0.878. The lowest BCUT2D eigenvalue weighted by Gasteiger charge is -1.98. The Balaban J connectivity index is 2.11. The number of hydrogen-bond donors (Lipinski definition) is 1. The van der Waals surface area contributed by atoms with E-state index in [-0.39, 0.29) is 0 Å². The molecular formula is C13H14F2N2O. The van der Waals surface area contributed by atoms with Crippen molar-refractivity contribution in [3.05, 3.63) is 41.9 Å². The molecule has 0 saturated heterocycles. The van der Waals surface area contributed by atoms with Crippen LogP contribution in [-0.2, 0) is 6.42 Å². The molecule has 1 N–H and O–H groups in total. The first-order valence-electron chi connectivity index (χ1n) is 5.75. The number of nitrogens with one attached hydrogen (secondary N) is 1. The zero-order chi connectivity index (χ0) is 13.0. The van der Waals surface area contributed by atoms with Crippen molar-refractivity contribution in [2.24, 2.45) is 0 Å². The summed E-state index contributed by atoms with van der Waals surface area (Å²) in [5.74, 6) is -0.702. The van der Waals surface area contributed by atoms with Gasteiger partial charge in [-0.1, -0.05) is 0 Å². The third-order valence-corrected chi connectivity index (χ3v) is 2.58. The molecule has 18 heavy (non-hydrogen) atoms. The normalized spacial score (nSPS) is 10.8. The van der Waals surface area contributed by atoms with Crippen molar-refractivity contribution in [3.63, 3.8) is 0 Å². The summed E-state index contributed by atoms with van der Waals surface area (Å²) in [6, 6.07) is 3.65. The smallest absolute Gasteiger partial charge is 0.194 e. The molecule has 3 nitrogen and oxygen atoms in total. The summed E-state index contributed by atoms with van der Waals surface area (Å²) in [5, 5.41) is 3.03. The summed E-state index contributed by atoms with van der Waals surface area (Å²) in [6.07, 6.45) is 3.15. The molecule has 0 atom stereocenters. The van der Waals surface area contributed by atoms with Gasteiger partial charge in [-0.2, -0.15) is 0 Å². The van der Waals surface area contributed by atoms with Crippen molar-refractivity contribution in [3.8, 4) is 11.3 Å². The molecule has 0 aliphatic rings. The van der Waals surface area contributed by atoms with Crippen LogP contribution in [0, 0.1) is 11.6 Å². The fraction of sp³-hybridized carbons (Fsp3) is 0.308. The highest BCUT2D eigenvalue weighted by molar-refractivity contribution is 5.56. The lowest BCUT2D eigenvalue weighted by Crippen LogP contribution is -2.08. The predicted molar refractivity (Wildman–Crippen MR) is 64.1 cm³/mol.